The first-order valence-electron chi connectivity index (χ1n) is 8.95. The number of rotatable bonds is 4. The van der Waals surface area contributed by atoms with E-state index in [1.54, 1.807) is 0 Å². The Morgan fingerprint density at radius 1 is 1.22 bits per heavy atom. The number of hydrogen-bond acceptors (Lipinski definition) is 4. The molecule has 1 aliphatic rings. The van der Waals surface area contributed by atoms with Crippen molar-refractivity contribution in [1.82, 2.24) is 15.3 Å². The highest BCUT2D eigenvalue weighted by atomic mass is 16.4. The number of aromatic nitrogens is 2. The topological polar surface area (TPSA) is 118 Å². The van der Waals surface area contributed by atoms with Crippen LogP contribution in [0.25, 0.3) is 22.2 Å². The van der Waals surface area contributed by atoms with E-state index in [2.05, 4.69) is 35.2 Å². The van der Waals surface area contributed by atoms with E-state index in [1.165, 1.54) is 0 Å². The molecule has 4 rings (SSSR count). The first-order valence-corrected chi connectivity index (χ1v) is 8.95. The summed E-state index contributed by atoms with van der Waals surface area (Å²) >= 11 is 0. The monoisotopic (exact) mass is 367 g/mol. The van der Waals surface area contributed by atoms with Gasteiger partial charge in [0.1, 0.15) is 5.75 Å². The molecule has 2 aromatic heterocycles. The number of hydrogen-bond donors (Lipinski definition) is 5. The van der Waals surface area contributed by atoms with Gasteiger partial charge in [0.25, 0.3) is 5.56 Å². The van der Waals surface area contributed by atoms with Gasteiger partial charge < -0.3 is 25.5 Å². The maximum Gasteiger partial charge on any atom is 0.345 e. The molecule has 140 valence electrons. The first kappa shape index (κ1) is 17.4. The molecule has 1 aromatic carbocycles. The van der Waals surface area contributed by atoms with Gasteiger partial charge in [0.2, 0.25) is 0 Å². The van der Waals surface area contributed by atoms with Crippen LogP contribution in [-0.2, 0) is 19.4 Å². The summed E-state index contributed by atoms with van der Waals surface area (Å²) < 4.78 is 0. The van der Waals surface area contributed by atoms with Crippen molar-refractivity contribution in [1.29, 1.82) is 0 Å². The number of carbonyl (C=O) groups is 1. The summed E-state index contributed by atoms with van der Waals surface area (Å²) in [4.78, 5) is 29.5. The van der Waals surface area contributed by atoms with Gasteiger partial charge in [-0.25, -0.2) is 4.79 Å². The van der Waals surface area contributed by atoms with E-state index in [4.69, 9.17) is 0 Å². The Kier molecular flexibility index (Phi) is 4.04. The van der Waals surface area contributed by atoms with Crippen LogP contribution >= 0.6 is 0 Å². The molecule has 0 atom stereocenters. The average molecular weight is 367 g/mol. The van der Waals surface area contributed by atoms with Crippen molar-refractivity contribution < 1.29 is 15.0 Å². The molecule has 0 aliphatic heterocycles. The van der Waals surface area contributed by atoms with Crippen molar-refractivity contribution in [3.8, 4) is 17.0 Å². The fraction of sp³-hybridized carbons (Fsp3) is 0.300. The van der Waals surface area contributed by atoms with Gasteiger partial charge in [0, 0.05) is 40.3 Å². The van der Waals surface area contributed by atoms with Gasteiger partial charge in [-0.1, -0.05) is 19.9 Å². The molecule has 27 heavy (non-hydrogen) atoms. The second-order valence-electron chi connectivity index (χ2n) is 7.22. The summed E-state index contributed by atoms with van der Waals surface area (Å²) in [6, 6.07) is 6.34. The lowest BCUT2D eigenvalue weighted by Gasteiger charge is -2.21. The highest BCUT2D eigenvalue weighted by Crippen LogP contribution is 2.39. The van der Waals surface area contributed by atoms with E-state index in [1.807, 2.05) is 12.1 Å². The van der Waals surface area contributed by atoms with Crippen LogP contribution in [0.2, 0.25) is 0 Å². The van der Waals surface area contributed by atoms with Crippen molar-refractivity contribution in [2.75, 3.05) is 0 Å². The summed E-state index contributed by atoms with van der Waals surface area (Å²) in [5, 5.41) is 24.0. The van der Waals surface area contributed by atoms with Gasteiger partial charge in [0.05, 0.1) is 5.69 Å². The normalized spacial score (nSPS) is 13.0. The van der Waals surface area contributed by atoms with Crippen molar-refractivity contribution in [3.05, 3.63) is 50.9 Å². The van der Waals surface area contributed by atoms with Crippen LogP contribution in [0.5, 0.6) is 5.75 Å². The van der Waals surface area contributed by atoms with Crippen molar-refractivity contribution >= 4 is 16.9 Å². The Morgan fingerprint density at radius 3 is 2.67 bits per heavy atom. The highest BCUT2D eigenvalue weighted by Gasteiger charge is 2.27. The van der Waals surface area contributed by atoms with Crippen LogP contribution < -0.4 is 10.9 Å². The van der Waals surface area contributed by atoms with Gasteiger partial charge >= 0.3 is 5.97 Å². The van der Waals surface area contributed by atoms with Crippen molar-refractivity contribution in [3.63, 3.8) is 0 Å². The predicted octanol–water partition coefficient (Wildman–Crippen LogP) is 2.52. The van der Waals surface area contributed by atoms with Crippen LogP contribution in [0.4, 0.5) is 0 Å². The minimum Gasteiger partial charge on any atom is -0.506 e. The van der Waals surface area contributed by atoms with Crippen LogP contribution in [0.1, 0.15) is 41.0 Å². The molecule has 0 unspecified atom stereocenters. The van der Waals surface area contributed by atoms with Gasteiger partial charge in [-0.05, 0) is 30.5 Å². The maximum atomic E-state index is 12.2. The quantitative estimate of drug-likeness (QED) is 0.486. The average Bonchev–Trinajstić information content (AvgIpc) is 3.02. The molecule has 0 radical (unpaired) electrons. The molecule has 0 bridgehead atoms. The molecule has 2 heterocycles. The third-order valence-corrected chi connectivity index (χ3v) is 5.07. The Balaban J connectivity index is 1.86. The Labute approximate surface area is 155 Å². The Bertz CT molecular complexity index is 1120. The van der Waals surface area contributed by atoms with Crippen LogP contribution in [0.15, 0.2) is 23.0 Å². The second-order valence-corrected chi connectivity index (χ2v) is 7.22. The Morgan fingerprint density at radius 2 is 1.96 bits per heavy atom. The number of H-pyrrole nitrogens is 2. The molecule has 0 saturated heterocycles. The largest absolute Gasteiger partial charge is 0.506 e. The zero-order valence-electron chi connectivity index (χ0n) is 15.1. The summed E-state index contributed by atoms with van der Waals surface area (Å²) in [5.41, 5.74) is 3.62. The second kappa shape index (κ2) is 6.28. The zero-order chi connectivity index (χ0) is 19.3. The van der Waals surface area contributed by atoms with Gasteiger partial charge in [-0.2, -0.15) is 0 Å². The van der Waals surface area contributed by atoms with E-state index in [0.29, 0.717) is 30.1 Å². The summed E-state index contributed by atoms with van der Waals surface area (Å²) in [6.07, 6.45) is 1.13. The molecule has 1 aliphatic carbocycles. The number of pyridine rings is 1. The van der Waals surface area contributed by atoms with Crippen molar-refractivity contribution in [2.45, 2.75) is 39.3 Å². The van der Waals surface area contributed by atoms with E-state index < -0.39 is 22.8 Å². The summed E-state index contributed by atoms with van der Waals surface area (Å²) in [5.74, 6) is -1.85. The van der Waals surface area contributed by atoms with E-state index in [9.17, 15) is 19.8 Å². The zero-order valence-corrected chi connectivity index (χ0v) is 15.1. The number of aromatic hydroxyl groups is 1. The van der Waals surface area contributed by atoms with E-state index in [-0.39, 0.29) is 0 Å². The van der Waals surface area contributed by atoms with Gasteiger partial charge in [-0.3, -0.25) is 4.79 Å². The fourth-order valence-corrected chi connectivity index (χ4v) is 3.78. The summed E-state index contributed by atoms with van der Waals surface area (Å²) in [6.45, 7) is 4.92. The number of benzene rings is 1. The number of aryl methyl sites for hydroxylation is 1. The van der Waals surface area contributed by atoms with E-state index in [0.717, 1.165) is 34.3 Å². The maximum absolute atomic E-state index is 12.2. The SMILES string of the molecule is CC(C)NCc1cc2c3c(ccc2[nH]1)-c1[nH]c(=O)c(C(=O)O)c(O)c1CC3. The van der Waals surface area contributed by atoms with Crippen LogP contribution in [0.3, 0.4) is 0 Å². The minimum absolute atomic E-state index is 0.383. The molecule has 7 heteroatoms. The number of aromatic carboxylic acids is 1. The lowest BCUT2D eigenvalue weighted by Crippen LogP contribution is -2.22. The number of nitrogens with one attached hydrogen (secondary N) is 3. The standard InChI is InChI=1S/C20H21N3O4/c1-9(2)21-8-10-7-14-11-3-4-13-17(12(11)5-6-15(14)22-10)23-19(25)16(18(13)24)20(26)27/h5-7,9,21-22H,3-4,8H2,1-2H3,(H,26,27)(H2,23,24,25). The molecular formula is C20H21N3O4. The molecule has 0 spiro atoms. The molecule has 7 nitrogen and oxygen atoms in total. The summed E-state index contributed by atoms with van der Waals surface area (Å²) in [7, 11) is 0. The molecule has 3 aromatic rings. The minimum atomic E-state index is -1.43. The number of aromatic amines is 2. The third-order valence-electron chi connectivity index (χ3n) is 5.07. The predicted molar refractivity (Wildman–Crippen MR) is 102 cm³/mol. The van der Waals surface area contributed by atoms with Crippen LogP contribution in [-0.4, -0.2) is 32.2 Å². The smallest absolute Gasteiger partial charge is 0.345 e. The van der Waals surface area contributed by atoms with Crippen LogP contribution in [0, 0.1) is 0 Å². The number of carboxylic acid groups (broad SMARTS) is 1. The Hall–Kier alpha value is -3.06. The van der Waals surface area contributed by atoms with Gasteiger partial charge in [-0.15, -0.1) is 0 Å². The highest BCUT2D eigenvalue weighted by molar-refractivity contribution is 5.95. The fourth-order valence-electron chi connectivity index (χ4n) is 3.78. The molecular weight excluding hydrogens is 346 g/mol. The lowest BCUT2D eigenvalue weighted by atomic mass is 9.86. The molecule has 5 N–H and O–H groups in total. The number of carboxylic acids is 1. The lowest BCUT2D eigenvalue weighted by molar-refractivity contribution is 0.0691. The first-order chi connectivity index (χ1) is 12.9. The molecule has 0 fully saturated rings. The number of fused-ring (bicyclic) bond motifs is 5. The van der Waals surface area contributed by atoms with Crippen molar-refractivity contribution in [2.24, 2.45) is 0 Å². The van der Waals surface area contributed by atoms with E-state index >= 15 is 0 Å². The van der Waals surface area contributed by atoms with Gasteiger partial charge in [0.15, 0.2) is 5.56 Å². The molecule has 0 saturated carbocycles. The molecule has 0 amide bonds. The third kappa shape index (κ3) is 2.80.